The molecule has 11 heteroatoms. The number of anilines is 1. The lowest BCUT2D eigenvalue weighted by atomic mass is 10.1. The number of carbonyl (C=O) groups is 1. The molecule has 0 bridgehead atoms. The number of halogens is 2. The van der Waals surface area contributed by atoms with Gasteiger partial charge >= 0.3 is 11.8 Å². The fraction of sp³-hybridized carbons (Fsp3) is 0.435. The first-order valence-corrected chi connectivity index (χ1v) is 11.0. The van der Waals surface area contributed by atoms with E-state index in [-0.39, 0.29) is 28.7 Å². The monoisotopic (exact) mass is 475 g/mol. The predicted molar refractivity (Wildman–Crippen MR) is 117 cm³/mol. The van der Waals surface area contributed by atoms with Crippen LogP contribution in [-0.4, -0.2) is 46.2 Å². The first-order chi connectivity index (χ1) is 16.2. The number of piperazine rings is 1. The largest absolute Gasteiger partial charge is 0.519 e. The van der Waals surface area contributed by atoms with Gasteiger partial charge in [-0.05, 0) is 32.8 Å². The molecule has 1 atom stereocenters. The van der Waals surface area contributed by atoms with E-state index < -0.39 is 34.4 Å². The van der Waals surface area contributed by atoms with E-state index in [0.29, 0.717) is 37.7 Å². The summed E-state index contributed by atoms with van der Waals surface area (Å²) in [7, 11) is 0. The zero-order chi connectivity index (χ0) is 24.3. The SMILES string of the molecule is Cc1oc(=O)oc1CN1CCN(c2c(F)cc3c(=O)c(C(=O)O)cn(C4CC4)c3c2F)CC1C. The molecule has 0 amide bonds. The van der Waals surface area contributed by atoms with Crippen LogP contribution in [0.1, 0.15) is 47.7 Å². The molecule has 2 aliphatic rings. The van der Waals surface area contributed by atoms with E-state index in [1.165, 1.54) is 4.57 Å². The van der Waals surface area contributed by atoms with Gasteiger partial charge in [-0.1, -0.05) is 0 Å². The van der Waals surface area contributed by atoms with Crippen LogP contribution in [-0.2, 0) is 6.54 Å². The third kappa shape index (κ3) is 3.69. The van der Waals surface area contributed by atoms with Crippen molar-refractivity contribution in [3.05, 3.63) is 61.8 Å². The van der Waals surface area contributed by atoms with Crippen molar-refractivity contribution >= 4 is 22.6 Å². The molecule has 1 aliphatic heterocycles. The second-order valence-corrected chi connectivity index (χ2v) is 8.93. The van der Waals surface area contributed by atoms with Crippen LogP contribution in [0, 0.1) is 18.6 Å². The molecule has 3 heterocycles. The molecule has 1 unspecified atom stereocenters. The number of carboxylic acids is 1. The summed E-state index contributed by atoms with van der Waals surface area (Å²) < 4.78 is 42.5. The Balaban J connectivity index is 1.51. The molecule has 1 saturated carbocycles. The summed E-state index contributed by atoms with van der Waals surface area (Å²) in [6.07, 6.45) is 2.61. The highest BCUT2D eigenvalue weighted by Gasteiger charge is 2.33. The topological polar surface area (TPSA) is 109 Å². The molecule has 9 nitrogen and oxygen atoms in total. The van der Waals surface area contributed by atoms with E-state index >= 15 is 8.78 Å². The molecular weight excluding hydrogens is 452 g/mol. The fourth-order valence-electron chi connectivity index (χ4n) is 4.65. The average molecular weight is 475 g/mol. The van der Waals surface area contributed by atoms with Crippen LogP contribution in [0.5, 0.6) is 0 Å². The van der Waals surface area contributed by atoms with Crippen LogP contribution in [0.25, 0.3) is 10.9 Å². The van der Waals surface area contributed by atoms with Crippen molar-refractivity contribution in [2.75, 3.05) is 24.5 Å². The molecule has 1 saturated heterocycles. The van der Waals surface area contributed by atoms with Gasteiger partial charge in [-0.15, -0.1) is 0 Å². The average Bonchev–Trinajstić information content (AvgIpc) is 3.55. The lowest BCUT2D eigenvalue weighted by Crippen LogP contribution is -2.52. The molecule has 0 spiro atoms. The second kappa shape index (κ2) is 8.08. The van der Waals surface area contributed by atoms with Gasteiger partial charge in [0, 0.05) is 37.9 Å². The minimum absolute atomic E-state index is 0.0696. The highest BCUT2D eigenvalue weighted by Crippen LogP contribution is 2.40. The van der Waals surface area contributed by atoms with Crippen LogP contribution in [0.15, 0.2) is 30.7 Å². The maximum atomic E-state index is 15.8. The number of aryl methyl sites for hydroxylation is 1. The highest BCUT2D eigenvalue weighted by molar-refractivity contribution is 5.94. The summed E-state index contributed by atoms with van der Waals surface area (Å²) >= 11 is 0. The van der Waals surface area contributed by atoms with Gasteiger partial charge in [0.05, 0.1) is 17.4 Å². The van der Waals surface area contributed by atoms with Gasteiger partial charge in [-0.3, -0.25) is 9.69 Å². The summed E-state index contributed by atoms with van der Waals surface area (Å²) in [5.41, 5.74) is -1.71. The van der Waals surface area contributed by atoms with E-state index in [2.05, 4.69) is 0 Å². The Hall–Kier alpha value is -3.47. The molecule has 5 rings (SSSR count). The fourth-order valence-corrected chi connectivity index (χ4v) is 4.65. The summed E-state index contributed by atoms with van der Waals surface area (Å²) in [5.74, 6) is -3.18. The minimum Gasteiger partial charge on any atom is -0.477 e. The standard InChI is InChI=1S/C23H23F2N3O6/c1-11-8-27(6-5-26(11)10-17-12(2)33-23(32)34-17)20-16(24)7-14-19(18(20)25)28(13-3-4-13)9-15(21(14)29)22(30)31/h7,9,11,13H,3-6,8,10H2,1-2H3,(H,30,31). The van der Waals surface area contributed by atoms with Gasteiger partial charge in [0.15, 0.2) is 11.6 Å². The smallest absolute Gasteiger partial charge is 0.477 e. The van der Waals surface area contributed by atoms with Gasteiger partial charge < -0.3 is 23.4 Å². The number of benzene rings is 1. The number of hydrogen-bond donors (Lipinski definition) is 1. The van der Waals surface area contributed by atoms with Crippen molar-refractivity contribution < 1.29 is 27.5 Å². The summed E-state index contributed by atoms with van der Waals surface area (Å²) in [4.78, 5) is 39.1. The molecule has 1 N–H and O–H groups in total. The van der Waals surface area contributed by atoms with Crippen molar-refractivity contribution in [2.24, 2.45) is 0 Å². The molecular formula is C23H23F2N3O6. The predicted octanol–water partition coefficient (Wildman–Crippen LogP) is 2.88. The quantitative estimate of drug-likeness (QED) is 0.600. The van der Waals surface area contributed by atoms with Crippen molar-refractivity contribution in [1.82, 2.24) is 9.47 Å². The third-order valence-corrected chi connectivity index (χ3v) is 6.62. The van der Waals surface area contributed by atoms with Gasteiger partial charge in [-0.25, -0.2) is 18.4 Å². The lowest BCUT2D eigenvalue weighted by molar-refractivity contribution is 0.0694. The van der Waals surface area contributed by atoms with Gasteiger partial charge in [0.25, 0.3) is 0 Å². The van der Waals surface area contributed by atoms with Crippen LogP contribution in [0.3, 0.4) is 0 Å². The summed E-state index contributed by atoms with van der Waals surface area (Å²) in [5, 5.41) is 9.11. The van der Waals surface area contributed by atoms with Crippen LogP contribution < -0.4 is 16.2 Å². The summed E-state index contributed by atoms with van der Waals surface area (Å²) in [6.45, 7) is 4.90. The maximum absolute atomic E-state index is 15.8. The lowest BCUT2D eigenvalue weighted by Gasteiger charge is -2.40. The number of hydrogen-bond acceptors (Lipinski definition) is 7. The van der Waals surface area contributed by atoms with E-state index in [0.717, 1.165) is 25.1 Å². The van der Waals surface area contributed by atoms with Gasteiger partial charge in [0.1, 0.15) is 22.8 Å². The van der Waals surface area contributed by atoms with Crippen molar-refractivity contribution in [3.63, 3.8) is 0 Å². The number of carboxylic acid groups (broad SMARTS) is 1. The van der Waals surface area contributed by atoms with Crippen LogP contribution >= 0.6 is 0 Å². The van der Waals surface area contributed by atoms with Crippen molar-refractivity contribution in [3.8, 4) is 0 Å². The number of fused-ring (bicyclic) bond motifs is 1. The van der Waals surface area contributed by atoms with Gasteiger partial charge in [-0.2, -0.15) is 0 Å². The number of aromatic carboxylic acids is 1. The first-order valence-electron chi connectivity index (χ1n) is 11.0. The Labute approximate surface area is 191 Å². The Kier molecular flexibility index (Phi) is 5.31. The third-order valence-electron chi connectivity index (χ3n) is 6.62. The molecule has 34 heavy (non-hydrogen) atoms. The first kappa shape index (κ1) is 22.3. The number of pyridine rings is 1. The Morgan fingerprint density at radius 3 is 2.53 bits per heavy atom. The van der Waals surface area contributed by atoms with E-state index in [1.54, 1.807) is 11.8 Å². The number of rotatable bonds is 5. The molecule has 0 radical (unpaired) electrons. The van der Waals surface area contributed by atoms with Gasteiger partial charge in [0.2, 0.25) is 5.43 Å². The normalized spacial score (nSPS) is 19.2. The Morgan fingerprint density at radius 2 is 1.94 bits per heavy atom. The highest BCUT2D eigenvalue weighted by atomic mass is 19.1. The Morgan fingerprint density at radius 1 is 1.21 bits per heavy atom. The second-order valence-electron chi connectivity index (χ2n) is 8.93. The zero-order valence-corrected chi connectivity index (χ0v) is 18.6. The van der Waals surface area contributed by atoms with E-state index in [1.807, 2.05) is 11.8 Å². The molecule has 1 aliphatic carbocycles. The molecule has 3 aromatic rings. The van der Waals surface area contributed by atoms with Crippen molar-refractivity contribution in [2.45, 2.75) is 45.3 Å². The Bertz CT molecular complexity index is 1420. The molecule has 180 valence electrons. The van der Waals surface area contributed by atoms with E-state index in [9.17, 15) is 19.5 Å². The molecule has 1 aromatic carbocycles. The number of nitrogens with zero attached hydrogens (tertiary/aromatic N) is 3. The minimum atomic E-state index is -1.43. The van der Waals surface area contributed by atoms with Crippen LogP contribution in [0.4, 0.5) is 14.5 Å². The molecule has 2 fully saturated rings. The van der Waals surface area contributed by atoms with Crippen molar-refractivity contribution in [1.29, 1.82) is 0 Å². The molecule has 2 aromatic heterocycles. The maximum Gasteiger partial charge on any atom is 0.519 e. The van der Waals surface area contributed by atoms with E-state index in [4.69, 9.17) is 8.83 Å². The summed E-state index contributed by atoms with van der Waals surface area (Å²) in [6, 6.07) is 0.683. The number of aromatic nitrogens is 1. The van der Waals surface area contributed by atoms with Crippen LogP contribution in [0.2, 0.25) is 0 Å². The zero-order valence-electron chi connectivity index (χ0n) is 18.6.